The van der Waals surface area contributed by atoms with Crippen LogP contribution in [0.2, 0.25) is 0 Å². The third kappa shape index (κ3) is 4.33. The lowest BCUT2D eigenvalue weighted by Crippen LogP contribution is -1.96. The molecule has 0 aliphatic carbocycles. The Balaban J connectivity index is 1.06. The summed E-state index contributed by atoms with van der Waals surface area (Å²) in [5.74, 6) is 1.46. The van der Waals surface area contributed by atoms with Crippen LogP contribution in [0.4, 0.5) is 0 Å². The molecule has 0 saturated carbocycles. The van der Waals surface area contributed by atoms with E-state index < -0.39 is 0 Å². The van der Waals surface area contributed by atoms with Gasteiger partial charge in [-0.2, -0.15) is 0 Å². The number of ether oxygens (including phenoxy) is 1. The van der Waals surface area contributed by atoms with Crippen molar-refractivity contribution < 1.29 is 4.74 Å². The van der Waals surface area contributed by atoms with E-state index in [0.29, 0.717) is 0 Å². The minimum absolute atomic E-state index is 0.720. The van der Waals surface area contributed by atoms with Gasteiger partial charge in [-0.05, 0) is 59.7 Å². The van der Waals surface area contributed by atoms with Crippen LogP contribution >= 0.6 is 0 Å². The van der Waals surface area contributed by atoms with Crippen molar-refractivity contribution in [2.24, 2.45) is 0 Å². The first-order chi connectivity index (χ1) is 27.3. The fourth-order valence-electron chi connectivity index (χ4n) is 8.67. The van der Waals surface area contributed by atoms with Gasteiger partial charge in [0.05, 0.1) is 33.5 Å². The number of fused-ring (bicyclic) bond motifs is 12. The molecule has 0 saturated heterocycles. The largest absolute Gasteiger partial charge is 0.457 e. The van der Waals surface area contributed by atoms with Crippen LogP contribution in [0.1, 0.15) is 0 Å². The van der Waals surface area contributed by atoms with E-state index in [1.807, 2.05) is 36.7 Å². The molecule has 55 heavy (non-hydrogen) atoms. The van der Waals surface area contributed by atoms with E-state index in [-0.39, 0.29) is 0 Å². The molecule has 0 N–H and O–H groups in total. The zero-order valence-corrected chi connectivity index (χ0v) is 29.4. The Bertz CT molecular complexity index is 3440. The number of hydrogen-bond donors (Lipinski definition) is 0. The molecule has 0 radical (unpaired) electrons. The normalized spacial score (nSPS) is 12.0. The molecular formula is C49H29N5O. The maximum atomic E-state index is 6.76. The molecule has 6 aromatic heterocycles. The van der Waals surface area contributed by atoms with E-state index in [0.717, 1.165) is 78.0 Å². The van der Waals surface area contributed by atoms with E-state index in [1.165, 1.54) is 32.8 Å². The second-order valence-electron chi connectivity index (χ2n) is 14.0. The molecule has 12 rings (SSSR count). The number of imidazole rings is 1. The number of para-hydroxylation sites is 1. The third-order valence-electron chi connectivity index (χ3n) is 11.0. The summed E-state index contributed by atoms with van der Waals surface area (Å²) in [5, 5.41) is 6.70. The van der Waals surface area contributed by atoms with Gasteiger partial charge in [-0.1, -0.05) is 109 Å². The summed E-state index contributed by atoms with van der Waals surface area (Å²) < 4.78 is 11.3. The lowest BCUT2D eigenvalue weighted by molar-refractivity contribution is 0.484. The highest BCUT2D eigenvalue weighted by molar-refractivity contribution is 6.25. The average Bonchev–Trinajstić information content (AvgIpc) is 3.93. The molecule has 0 unspecified atom stereocenters. The molecular weight excluding hydrogens is 675 g/mol. The summed E-state index contributed by atoms with van der Waals surface area (Å²) in [6, 6.07) is 56.9. The van der Waals surface area contributed by atoms with Crippen LogP contribution in [0.15, 0.2) is 176 Å². The van der Waals surface area contributed by atoms with Gasteiger partial charge in [0.2, 0.25) is 0 Å². The standard InChI is InChI=1S/C49H29N5O/c1-4-12-30(13-5-1)35-25-27-51-49-43(35)39-19-10-18-38-36-23-21-34(29-42(36)54(49)47(38)39)55-33-22-24-37-40(28-33)48-52-44(31-14-6-2-7-15-31)46(32-16-8-3-9-17-32)53(48)41-20-11-26-50-45(37)41/h1-29H. The van der Waals surface area contributed by atoms with Crippen LogP contribution < -0.4 is 4.74 Å². The molecule has 0 spiro atoms. The Kier molecular flexibility index (Phi) is 6.24. The highest BCUT2D eigenvalue weighted by atomic mass is 16.5. The van der Waals surface area contributed by atoms with E-state index in [1.54, 1.807) is 0 Å². The van der Waals surface area contributed by atoms with Gasteiger partial charge in [0.25, 0.3) is 0 Å². The van der Waals surface area contributed by atoms with Crippen molar-refractivity contribution in [1.29, 1.82) is 0 Å². The smallest absolute Gasteiger partial charge is 0.146 e. The van der Waals surface area contributed by atoms with Crippen molar-refractivity contribution >= 4 is 65.7 Å². The first kappa shape index (κ1) is 29.9. The van der Waals surface area contributed by atoms with Gasteiger partial charge in [0, 0.05) is 61.9 Å². The van der Waals surface area contributed by atoms with Crippen LogP contribution in [-0.2, 0) is 0 Å². The Hall–Kier alpha value is -7.57. The van der Waals surface area contributed by atoms with Crippen molar-refractivity contribution in [1.82, 2.24) is 23.8 Å². The summed E-state index contributed by atoms with van der Waals surface area (Å²) >= 11 is 0. The Labute approximate surface area is 314 Å². The molecule has 12 aromatic rings. The predicted molar refractivity (Wildman–Crippen MR) is 223 cm³/mol. The molecule has 0 fully saturated rings. The molecule has 256 valence electrons. The fourth-order valence-corrected chi connectivity index (χ4v) is 8.67. The SMILES string of the molecule is c1ccc(-c2nc3c4cc(Oc5ccc6c7cccc8c9c(-c%10ccccc%10)ccnc9n(c6c5)c78)ccc4c4ncccc4n3c2-c2ccccc2)cc1. The van der Waals surface area contributed by atoms with Crippen LogP contribution in [0.3, 0.4) is 0 Å². The lowest BCUT2D eigenvalue weighted by Gasteiger charge is -2.12. The van der Waals surface area contributed by atoms with E-state index in [2.05, 4.69) is 148 Å². The van der Waals surface area contributed by atoms with Crippen LogP contribution in [0.5, 0.6) is 11.5 Å². The second-order valence-corrected chi connectivity index (χ2v) is 14.0. The maximum absolute atomic E-state index is 6.76. The molecule has 0 bridgehead atoms. The van der Waals surface area contributed by atoms with Crippen LogP contribution in [-0.4, -0.2) is 23.8 Å². The minimum atomic E-state index is 0.720. The Morgan fingerprint density at radius 3 is 1.95 bits per heavy atom. The van der Waals surface area contributed by atoms with Crippen LogP contribution in [0, 0.1) is 0 Å². The van der Waals surface area contributed by atoms with Crippen molar-refractivity contribution in [3.8, 4) is 45.1 Å². The lowest BCUT2D eigenvalue weighted by atomic mass is 10.0. The van der Waals surface area contributed by atoms with Gasteiger partial charge in [-0.15, -0.1) is 0 Å². The Morgan fingerprint density at radius 1 is 0.436 bits per heavy atom. The number of benzene rings is 6. The topological polar surface area (TPSA) is 56.7 Å². The first-order valence-corrected chi connectivity index (χ1v) is 18.4. The Morgan fingerprint density at radius 2 is 1.15 bits per heavy atom. The van der Waals surface area contributed by atoms with Gasteiger partial charge in [0.15, 0.2) is 0 Å². The molecule has 0 aliphatic heterocycles. The second kappa shape index (κ2) is 11.5. The van der Waals surface area contributed by atoms with Gasteiger partial charge < -0.3 is 4.74 Å². The maximum Gasteiger partial charge on any atom is 0.146 e. The zero-order valence-electron chi connectivity index (χ0n) is 29.4. The van der Waals surface area contributed by atoms with Gasteiger partial charge in [-0.3, -0.25) is 13.8 Å². The molecule has 0 amide bonds. The molecule has 6 heterocycles. The molecule has 0 aliphatic rings. The van der Waals surface area contributed by atoms with Crippen LogP contribution in [0.25, 0.3) is 99.3 Å². The van der Waals surface area contributed by atoms with E-state index in [4.69, 9.17) is 19.7 Å². The van der Waals surface area contributed by atoms with Crippen molar-refractivity contribution in [3.63, 3.8) is 0 Å². The highest BCUT2D eigenvalue weighted by Crippen LogP contribution is 2.44. The number of hydrogen-bond acceptors (Lipinski definition) is 4. The zero-order chi connectivity index (χ0) is 36.0. The fraction of sp³-hybridized carbons (Fsp3) is 0. The van der Waals surface area contributed by atoms with Gasteiger partial charge in [-0.25, -0.2) is 9.97 Å². The van der Waals surface area contributed by atoms with Crippen molar-refractivity contribution in [3.05, 3.63) is 176 Å². The first-order valence-electron chi connectivity index (χ1n) is 18.4. The van der Waals surface area contributed by atoms with E-state index >= 15 is 0 Å². The molecule has 0 atom stereocenters. The summed E-state index contributed by atoms with van der Waals surface area (Å²) in [7, 11) is 0. The number of pyridine rings is 3. The van der Waals surface area contributed by atoms with Crippen molar-refractivity contribution in [2.75, 3.05) is 0 Å². The summed E-state index contributed by atoms with van der Waals surface area (Å²) in [4.78, 5) is 15.3. The number of rotatable bonds is 5. The number of aromatic nitrogens is 5. The number of nitrogens with zero attached hydrogens (tertiary/aromatic N) is 5. The summed E-state index contributed by atoms with van der Waals surface area (Å²) in [5.41, 5.74) is 12.4. The van der Waals surface area contributed by atoms with E-state index in [9.17, 15) is 0 Å². The molecule has 6 aromatic carbocycles. The van der Waals surface area contributed by atoms with Crippen molar-refractivity contribution in [2.45, 2.75) is 0 Å². The highest BCUT2D eigenvalue weighted by Gasteiger charge is 2.23. The monoisotopic (exact) mass is 703 g/mol. The average molecular weight is 704 g/mol. The molecule has 6 heteroatoms. The summed E-state index contributed by atoms with van der Waals surface area (Å²) in [6.45, 7) is 0. The van der Waals surface area contributed by atoms with Gasteiger partial charge >= 0.3 is 0 Å². The quantitative estimate of drug-likeness (QED) is 0.167. The predicted octanol–water partition coefficient (Wildman–Crippen LogP) is 12.4. The minimum Gasteiger partial charge on any atom is -0.457 e. The summed E-state index contributed by atoms with van der Waals surface area (Å²) in [6.07, 6.45) is 3.78. The third-order valence-corrected chi connectivity index (χ3v) is 11.0. The van der Waals surface area contributed by atoms with Gasteiger partial charge in [0.1, 0.15) is 22.8 Å². The molecule has 6 nitrogen and oxygen atoms in total.